The van der Waals surface area contributed by atoms with E-state index < -0.39 is 29.6 Å². The summed E-state index contributed by atoms with van der Waals surface area (Å²) >= 11 is 1.76. The first-order valence-electron chi connectivity index (χ1n) is 6.72. The van der Waals surface area contributed by atoms with Crippen LogP contribution in [0.2, 0.25) is 0 Å². The molecule has 8 heteroatoms. The summed E-state index contributed by atoms with van der Waals surface area (Å²) in [5.74, 6) is -3.96. The normalized spacial score (nSPS) is 11.8. The molecule has 1 atom stereocenters. The zero-order chi connectivity index (χ0) is 18.0. The second-order valence-electron chi connectivity index (χ2n) is 5.01. The summed E-state index contributed by atoms with van der Waals surface area (Å²) in [5, 5.41) is 21.1. The molecule has 2 rings (SSSR count). The largest absolute Gasteiger partial charge is 0.506 e. The molecule has 0 aromatic heterocycles. The number of rotatable bonds is 4. The molecule has 2 aromatic carbocycles. The van der Waals surface area contributed by atoms with E-state index in [9.17, 15) is 23.5 Å². The third kappa shape index (κ3) is 3.81. The minimum atomic E-state index is -1.24. The number of carboxylic acids is 1. The maximum atomic E-state index is 13.9. The Kier molecular flexibility index (Phi) is 5.37. The summed E-state index contributed by atoms with van der Waals surface area (Å²) in [6.07, 6.45) is 0. The highest BCUT2D eigenvalue weighted by Crippen LogP contribution is 2.32. The lowest BCUT2D eigenvalue weighted by molar-refractivity contribution is -0.138. The number of nitrogens with one attached hydrogen (secondary N) is 1. The summed E-state index contributed by atoms with van der Waals surface area (Å²) in [6.45, 7) is 1.27. The molecule has 0 aliphatic heterocycles. The van der Waals surface area contributed by atoms with Gasteiger partial charge in [-0.3, -0.25) is 9.59 Å². The second kappa shape index (κ2) is 7.12. The standard InChI is InChI=1S/C16H12F2INO4/c1-7(16(23)24)20-15(22)11-4-8(5-13(19)14(11)21)10-3-2-9(17)6-12(10)18/h2-7,21H,1H3,(H,20,22)(H,23,24)/t7-/m0/s1. The van der Waals surface area contributed by atoms with Gasteiger partial charge in [-0.1, -0.05) is 0 Å². The van der Waals surface area contributed by atoms with Crippen molar-refractivity contribution in [3.63, 3.8) is 0 Å². The van der Waals surface area contributed by atoms with Crippen molar-refractivity contribution >= 4 is 34.5 Å². The van der Waals surface area contributed by atoms with Gasteiger partial charge in [0.25, 0.3) is 5.91 Å². The number of carbonyl (C=O) groups excluding carboxylic acids is 1. The Bertz CT molecular complexity index is 826. The van der Waals surface area contributed by atoms with Crippen LogP contribution in [0.25, 0.3) is 11.1 Å². The van der Waals surface area contributed by atoms with Gasteiger partial charge in [0.05, 0.1) is 9.13 Å². The molecule has 24 heavy (non-hydrogen) atoms. The van der Waals surface area contributed by atoms with Crippen molar-refractivity contribution in [3.8, 4) is 16.9 Å². The Morgan fingerprint density at radius 3 is 2.46 bits per heavy atom. The van der Waals surface area contributed by atoms with Crippen LogP contribution in [0, 0.1) is 15.2 Å². The minimum absolute atomic E-state index is 0.0506. The van der Waals surface area contributed by atoms with Crippen LogP contribution in [0.3, 0.4) is 0 Å². The predicted octanol–water partition coefficient (Wildman–Crippen LogP) is 3.14. The van der Waals surface area contributed by atoms with Gasteiger partial charge < -0.3 is 15.5 Å². The monoisotopic (exact) mass is 447 g/mol. The number of aliphatic carboxylic acids is 1. The van der Waals surface area contributed by atoms with Crippen LogP contribution in [0.5, 0.6) is 5.75 Å². The molecule has 0 heterocycles. The van der Waals surface area contributed by atoms with Crippen LogP contribution in [0.4, 0.5) is 8.78 Å². The third-order valence-electron chi connectivity index (χ3n) is 3.27. The summed E-state index contributed by atoms with van der Waals surface area (Å²) in [4.78, 5) is 23.0. The van der Waals surface area contributed by atoms with Gasteiger partial charge in [-0.25, -0.2) is 8.78 Å². The van der Waals surface area contributed by atoms with Gasteiger partial charge in [-0.15, -0.1) is 0 Å². The molecule has 0 unspecified atom stereocenters. The molecule has 2 aromatic rings. The average Bonchev–Trinajstić information content (AvgIpc) is 2.49. The Labute approximate surface area is 149 Å². The Balaban J connectivity index is 2.48. The highest BCUT2D eigenvalue weighted by molar-refractivity contribution is 14.1. The van der Waals surface area contributed by atoms with Crippen molar-refractivity contribution in [3.05, 3.63) is 51.1 Å². The van der Waals surface area contributed by atoms with E-state index in [2.05, 4.69) is 5.32 Å². The maximum absolute atomic E-state index is 13.9. The van der Waals surface area contributed by atoms with E-state index in [1.807, 2.05) is 0 Å². The topological polar surface area (TPSA) is 86.6 Å². The van der Waals surface area contributed by atoms with Crippen LogP contribution < -0.4 is 5.32 Å². The first-order chi connectivity index (χ1) is 11.2. The molecular formula is C16H12F2INO4. The molecule has 3 N–H and O–H groups in total. The molecule has 126 valence electrons. The molecule has 0 fully saturated rings. The van der Waals surface area contributed by atoms with Crippen LogP contribution in [0.15, 0.2) is 30.3 Å². The third-order valence-corrected chi connectivity index (χ3v) is 4.09. The zero-order valence-corrected chi connectivity index (χ0v) is 14.5. The van der Waals surface area contributed by atoms with Gasteiger partial charge in [-0.2, -0.15) is 0 Å². The number of hydrogen-bond acceptors (Lipinski definition) is 3. The summed E-state index contributed by atoms with van der Waals surface area (Å²) < 4.78 is 27.2. The fourth-order valence-electron chi connectivity index (χ4n) is 1.99. The molecular weight excluding hydrogens is 435 g/mol. The highest BCUT2D eigenvalue weighted by atomic mass is 127. The van der Waals surface area contributed by atoms with Crippen molar-refractivity contribution in [2.24, 2.45) is 0 Å². The van der Waals surface area contributed by atoms with Crippen LogP contribution in [0.1, 0.15) is 17.3 Å². The van der Waals surface area contributed by atoms with Crippen molar-refractivity contribution in [1.29, 1.82) is 0 Å². The number of carboxylic acid groups (broad SMARTS) is 1. The SMILES string of the molecule is C[C@H](NC(=O)c1cc(-c2ccc(F)cc2F)cc(I)c1O)C(=O)O. The van der Waals surface area contributed by atoms with E-state index in [-0.39, 0.29) is 26.0 Å². The smallest absolute Gasteiger partial charge is 0.325 e. The lowest BCUT2D eigenvalue weighted by Crippen LogP contribution is -2.38. The minimum Gasteiger partial charge on any atom is -0.506 e. The Morgan fingerprint density at radius 2 is 1.88 bits per heavy atom. The van der Waals surface area contributed by atoms with Gasteiger partial charge in [0.15, 0.2) is 0 Å². The van der Waals surface area contributed by atoms with Crippen molar-refractivity contribution in [1.82, 2.24) is 5.32 Å². The fourth-order valence-corrected chi connectivity index (χ4v) is 2.61. The molecule has 0 radical (unpaired) electrons. The number of carbonyl (C=O) groups is 2. The van der Waals surface area contributed by atoms with E-state index in [1.165, 1.54) is 25.1 Å². The van der Waals surface area contributed by atoms with Crippen LogP contribution in [-0.4, -0.2) is 28.1 Å². The fraction of sp³-hybridized carbons (Fsp3) is 0.125. The van der Waals surface area contributed by atoms with E-state index in [0.29, 0.717) is 6.07 Å². The van der Waals surface area contributed by atoms with Gasteiger partial charge >= 0.3 is 5.97 Å². The van der Waals surface area contributed by atoms with Crippen LogP contribution in [-0.2, 0) is 4.79 Å². The van der Waals surface area contributed by atoms with E-state index in [0.717, 1.165) is 6.07 Å². The lowest BCUT2D eigenvalue weighted by Gasteiger charge is -2.13. The first kappa shape index (κ1) is 18.1. The lowest BCUT2D eigenvalue weighted by atomic mass is 10.0. The number of halogens is 3. The van der Waals surface area contributed by atoms with Gasteiger partial charge in [-0.05, 0) is 59.3 Å². The second-order valence-corrected chi connectivity index (χ2v) is 6.17. The summed E-state index contributed by atoms with van der Waals surface area (Å²) in [5.41, 5.74) is 0.103. The predicted molar refractivity (Wildman–Crippen MR) is 90.7 cm³/mol. The van der Waals surface area contributed by atoms with Gasteiger partial charge in [0.1, 0.15) is 23.4 Å². The average molecular weight is 447 g/mol. The molecule has 0 spiro atoms. The highest BCUT2D eigenvalue weighted by Gasteiger charge is 2.21. The number of hydrogen-bond donors (Lipinski definition) is 3. The number of amides is 1. The molecule has 5 nitrogen and oxygen atoms in total. The number of phenols is 1. The molecule has 0 aliphatic carbocycles. The Morgan fingerprint density at radius 1 is 1.21 bits per heavy atom. The quantitative estimate of drug-likeness (QED) is 0.629. The molecule has 0 saturated heterocycles. The maximum Gasteiger partial charge on any atom is 0.325 e. The molecule has 0 bridgehead atoms. The van der Waals surface area contributed by atoms with Crippen molar-refractivity contribution in [2.45, 2.75) is 13.0 Å². The number of benzene rings is 2. The van der Waals surface area contributed by atoms with Crippen molar-refractivity contribution < 1.29 is 28.6 Å². The molecule has 0 saturated carbocycles. The Hall–Kier alpha value is -2.23. The number of aromatic hydroxyl groups is 1. The van der Waals surface area contributed by atoms with E-state index >= 15 is 0 Å². The summed E-state index contributed by atoms with van der Waals surface area (Å²) in [6, 6.07) is 4.49. The molecule has 1 amide bonds. The zero-order valence-electron chi connectivity index (χ0n) is 12.3. The van der Waals surface area contributed by atoms with E-state index in [4.69, 9.17) is 5.11 Å². The van der Waals surface area contributed by atoms with Crippen molar-refractivity contribution in [2.75, 3.05) is 0 Å². The van der Waals surface area contributed by atoms with E-state index in [1.54, 1.807) is 22.6 Å². The number of phenolic OH excluding ortho intramolecular Hbond substituents is 1. The van der Waals surface area contributed by atoms with Gasteiger partial charge in [0, 0.05) is 11.6 Å². The summed E-state index contributed by atoms with van der Waals surface area (Å²) in [7, 11) is 0. The first-order valence-corrected chi connectivity index (χ1v) is 7.80. The molecule has 0 aliphatic rings. The van der Waals surface area contributed by atoms with Gasteiger partial charge in [0.2, 0.25) is 0 Å². The van der Waals surface area contributed by atoms with Crippen LogP contribution >= 0.6 is 22.6 Å².